The number of hydrogen-bond acceptors (Lipinski definition) is 3. The molecule has 0 spiro atoms. The van der Waals surface area contributed by atoms with Gasteiger partial charge in [-0.05, 0) is 31.5 Å². The summed E-state index contributed by atoms with van der Waals surface area (Å²) in [5, 5.41) is 1.63. The zero-order chi connectivity index (χ0) is 16.1. The van der Waals surface area contributed by atoms with Crippen molar-refractivity contribution in [2.75, 3.05) is 0 Å². The quantitative estimate of drug-likeness (QED) is 0.467. The Hall–Kier alpha value is -2.88. The fourth-order valence-corrected chi connectivity index (χ4v) is 3.00. The Bertz CT molecular complexity index is 1120. The van der Waals surface area contributed by atoms with E-state index in [0.717, 1.165) is 16.5 Å². The first-order valence-corrected chi connectivity index (χ1v) is 7.26. The van der Waals surface area contributed by atoms with Crippen molar-refractivity contribution in [2.45, 2.75) is 13.8 Å². The molecule has 0 saturated carbocycles. The van der Waals surface area contributed by atoms with E-state index in [1.807, 2.05) is 19.9 Å². The molecule has 3 nitrogen and oxygen atoms in total. The molecule has 2 heterocycles. The van der Waals surface area contributed by atoms with Gasteiger partial charge in [-0.15, -0.1) is 0 Å². The number of rotatable bonds is 1. The molecule has 4 aromatic rings. The lowest BCUT2D eigenvalue weighted by molar-refractivity contribution is 0.556. The van der Waals surface area contributed by atoms with Crippen molar-refractivity contribution in [2.24, 2.45) is 0 Å². The van der Waals surface area contributed by atoms with Crippen molar-refractivity contribution in [1.82, 2.24) is 0 Å². The average molecular weight is 308 g/mol. The Kier molecular flexibility index (Phi) is 2.88. The molecular weight excluding hydrogens is 295 g/mol. The number of halogens is 1. The third kappa shape index (κ3) is 1.99. The summed E-state index contributed by atoms with van der Waals surface area (Å²) in [6.07, 6.45) is 1.66. The molecule has 4 rings (SSSR count). The molecule has 0 fully saturated rings. The van der Waals surface area contributed by atoms with Gasteiger partial charge in [0.2, 0.25) is 0 Å². The van der Waals surface area contributed by atoms with Gasteiger partial charge in [0.15, 0.2) is 0 Å². The van der Waals surface area contributed by atoms with Crippen LogP contribution in [0.4, 0.5) is 4.39 Å². The molecule has 0 bridgehead atoms. The van der Waals surface area contributed by atoms with Gasteiger partial charge in [0.1, 0.15) is 17.0 Å². The van der Waals surface area contributed by atoms with Crippen molar-refractivity contribution in [3.05, 3.63) is 70.0 Å². The predicted molar refractivity (Wildman–Crippen MR) is 87.1 cm³/mol. The number of aryl methyl sites for hydroxylation is 2. The largest absolute Gasteiger partial charge is 0.464 e. The SMILES string of the molecule is Cc1coc2c(C)c3oc(=O)cc(-c4ccccc4F)c3cc12. The summed E-state index contributed by atoms with van der Waals surface area (Å²) >= 11 is 0. The first-order chi connectivity index (χ1) is 11.1. The topological polar surface area (TPSA) is 43.4 Å². The number of fused-ring (bicyclic) bond motifs is 2. The van der Waals surface area contributed by atoms with Gasteiger partial charge >= 0.3 is 5.63 Å². The highest BCUT2D eigenvalue weighted by Crippen LogP contribution is 2.36. The second kappa shape index (κ2) is 4.81. The third-order valence-electron chi connectivity index (χ3n) is 4.16. The molecule has 0 saturated heterocycles. The molecule has 0 aliphatic heterocycles. The van der Waals surface area contributed by atoms with E-state index in [2.05, 4.69) is 0 Å². The van der Waals surface area contributed by atoms with E-state index in [1.165, 1.54) is 12.1 Å². The number of furan rings is 1. The second-order valence-corrected chi connectivity index (χ2v) is 5.63. The Balaban J connectivity index is 2.22. The molecule has 23 heavy (non-hydrogen) atoms. The monoisotopic (exact) mass is 308 g/mol. The van der Waals surface area contributed by atoms with Crippen LogP contribution in [-0.4, -0.2) is 0 Å². The number of benzene rings is 2. The molecule has 4 heteroatoms. The molecule has 2 aromatic heterocycles. The average Bonchev–Trinajstić information content (AvgIpc) is 2.90. The standard InChI is InChI=1S/C19H13FO3/c1-10-9-22-18-11(2)19-15(7-13(10)18)14(8-17(21)23-19)12-5-3-4-6-16(12)20/h3-9H,1-2H3. The van der Waals surface area contributed by atoms with Crippen LogP contribution >= 0.6 is 0 Å². The lowest BCUT2D eigenvalue weighted by atomic mass is 9.98. The van der Waals surface area contributed by atoms with Gasteiger partial charge < -0.3 is 8.83 Å². The highest BCUT2D eigenvalue weighted by atomic mass is 19.1. The van der Waals surface area contributed by atoms with Gasteiger partial charge in [0.05, 0.1) is 6.26 Å². The molecular formula is C19H13FO3. The van der Waals surface area contributed by atoms with E-state index < -0.39 is 5.63 Å². The zero-order valence-corrected chi connectivity index (χ0v) is 12.6. The number of hydrogen-bond donors (Lipinski definition) is 0. The minimum absolute atomic E-state index is 0.374. The summed E-state index contributed by atoms with van der Waals surface area (Å²) < 4.78 is 25.2. The highest BCUT2D eigenvalue weighted by molar-refractivity contribution is 6.04. The molecule has 0 aliphatic rings. The van der Waals surface area contributed by atoms with Gasteiger partial charge in [-0.1, -0.05) is 18.2 Å². The van der Waals surface area contributed by atoms with Crippen molar-refractivity contribution < 1.29 is 13.2 Å². The fourth-order valence-electron chi connectivity index (χ4n) is 3.00. The lowest BCUT2D eigenvalue weighted by Gasteiger charge is -2.09. The van der Waals surface area contributed by atoms with Gasteiger partial charge in [-0.2, -0.15) is 0 Å². The van der Waals surface area contributed by atoms with E-state index >= 15 is 0 Å². The van der Waals surface area contributed by atoms with E-state index in [4.69, 9.17) is 8.83 Å². The van der Waals surface area contributed by atoms with Crippen LogP contribution in [0.2, 0.25) is 0 Å². The summed E-state index contributed by atoms with van der Waals surface area (Å²) in [6, 6.07) is 9.63. The Labute approximate surface area is 131 Å². The summed E-state index contributed by atoms with van der Waals surface area (Å²) in [5.41, 5.74) is 3.23. The molecule has 114 valence electrons. The first kappa shape index (κ1) is 13.8. The van der Waals surface area contributed by atoms with Gasteiger partial charge in [-0.3, -0.25) is 0 Å². The third-order valence-corrected chi connectivity index (χ3v) is 4.16. The maximum absolute atomic E-state index is 14.2. The van der Waals surface area contributed by atoms with Crippen LogP contribution in [0.25, 0.3) is 33.1 Å². The lowest BCUT2D eigenvalue weighted by Crippen LogP contribution is -2.00. The molecule has 0 amide bonds. The minimum atomic E-state index is -0.513. The second-order valence-electron chi connectivity index (χ2n) is 5.63. The van der Waals surface area contributed by atoms with Crippen molar-refractivity contribution in [1.29, 1.82) is 0 Å². The summed E-state index contributed by atoms with van der Waals surface area (Å²) in [5.74, 6) is -0.374. The fraction of sp³-hybridized carbons (Fsp3) is 0.105. The maximum atomic E-state index is 14.2. The maximum Gasteiger partial charge on any atom is 0.336 e. The predicted octanol–water partition coefficient (Wildman–Crippen LogP) is 4.96. The summed E-state index contributed by atoms with van der Waals surface area (Å²) in [4.78, 5) is 12.0. The van der Waals surface area contributed by atoms with Crippen LogP contribution in [0.15, 0.2) is 56.3 Å². The van der Waals surface area contributed by atoms with Crippen LogP contribution in [0.1, 0.15) is 11.1 Å². The Morgan fingerprint density at radius 3 is 2.52 bits per heavy atom. The first-order valence-electron chi connectivity index (χ1n) is 7.26. The van der Waals surface area contributed by atoms with Crippen LogP contribution in [-0.2, 0) is 0 Å². The molecule has 0 aliphatic carbocycles. The Morgan fingerprint density at radius 1 is 0.957 bits per heavy atom. The minimum Gasteiger partial charge on any atom is -0.464 e. The van der Waals surface area contributed by atoms with Gasteiger partial charge in [-0.25, -0.2) is 9.18 Å². The van der Waals surface area contributed by atoms with Crippen LogP contribution in [0.5, 0.6) is 0 Å². The Morgan fingerprint density at radius 2 is 1.74 bits per heavy atom. The van der Waals surface area contributed by atoms with Crippen LogP contribution < -0.4 is 5.63 Å². The van der Waals surface area contributed by atoms with Crippen LogP contribution in [0.3, 0.4) is 0 Å². The summed E-state index contributed by atoms with van der Waals surface area (Å²) in [6.45, 7) is 3.78. The zero-order valence-electron chi connectivity index (χ0n) is 12.6. The van der Waals surface area contributed by atoms with Gasteiger partial charge in [0, 0.05) is 33.5 Å². The summed E-state index contributed by atoms with van der Waals surface area (Å²) in [7, 11) is 0. The van der Waals surface area contributed by atoms with E-state index in [1.54, 1.807) is 24.5 Å². The van der Waals surface area contributed by atoms with E-state index in [-0.39, 0.29) is 5.82 Å². The van der Waals surface area contributed by atoms with Crippen molar-refractivity contribution in [3.63, 3.8) is 0 Å². The molecule has 0 N–H and O–H groups in total. The normalized spacial score (nSPS) is 11.4. The molecule has 0 radical (unpaired) electrons. The van der Waals surface area contributed by atoms with Gasteiger partial charge in [0.25, 0.3) is 0 Å². The van der Waals surface area contributed by atoms with Crippen molar-refractivity contribution >= 4 is 21.9 Å². The molecule has 2 aromatic carbocycles. The molecule has 0 atom stereocenters. The van der Waals surface area contributed by atoms with E-state index in [9.17, 15) is 9.18 Å². The smallest absolute Gasteiger partial charge is 0.336 e. The highest BCUT2D eigenvalue weighted by Gasteiger charge is 2.17. The molecule has 0 unspecified atom stereocenters. The van der Waals surface area contributed by atoms with Crippen molar-refractivity contribution in [3.8, 4) is 11.1 Å². The van der Waals surface area contributed by atoms with E-state index in [0.29, 0.717) is 27.7 Å². The van der Waals surface area contributed by atoms with Crippen LogP contribution in [0, 0.1) is 19.7 Å².